The lowest BCUT2D eigenvalue weighted by Gasteiger charge is -2.12. The highest BCUT2D eigenvalue weighted by Gasteiger charge is 1.99. The Hall–Kier alpha value is -0.530. The average molecular weight is 214 g/mol. The molecular weight excluding hydrogens is 194 g/mol. The first-order valence-electron chi connectivity index (χ1n) is 4.99. The summed E-state index contributed by atoms with van der Waals surface area (Å²) >= 11 is 5.88. The smallest absolute Gasteiger partial charge is 0.0409 e. The zero-order valence-electron chi connectivity index (χ0n) is 9.76. The molecule has 2 heteroatoms. The van der Waals surface area contributed by atoms with Crippen LogP contribution in [-0.2, 0) is 6.54 Å². The van der Waals surface area contributed by atoms with Crippen LogP contribution in [0.1, 0.15) is 25.0 Å². The molecule has 0 saturated carbocycles. The molecule has 80 valence electrons. The molecule has 0 aromatic heterocycles. The Labute approximate surface area is 92.7 Å². The van der Waals surface area contributed by atoms with Crippen LogP contribution >= 0.6 is 11.6 Å². The van der Waals surface area contributed by atoms with Crippen LogP contribution in [0.2, 0.25) is 5.02 Å². The van der Waals surface area contributed by atoms with Gasteiger partial charge in [0.2, 0.25) is 0 Å². The third kappa shape index (κ3) is 4.64. The van der Waals surface area contributed by atoms with Crippen molar-refractivity contribution in [3.8, 4) is 0 Å². The molecule has 1 rings (SSSR count). The summed E-state index contributed by atoms with van der Waals surface area (Å²) in [4.78, 5) is 2.14. The first kappa shape index (κ1) is 13.5. The molecule has 0 heterocycles. The highest BCUT2D eigenvalue weighted by Crippen LogP contribution is 2.16. The van der Waals surface area contributed by atoms with Crippen molar-refractivity contribution in [2.45, 2.75) is 27.3 Å². The maximum atomic E-state index is 5.88. The van der Waals surface area contributed by atoms with Crippen LogP contribution in [-0.4, -0.2) is 19.0 Å². The highest BCUT2D eigenvalue weighted by atomic mass is 35.5. The molecule has 0 spiro atoms. The number of hydrogen-bond acceptors (Lipinski definition) is 1. The van der Waals surface area contributed by atoms with Gasteiger partial charge in [0.15, 0.2) is 0 Å². The van der Waals surface area contributed by atoms with E-state index in [0.29, 0.717) is 0 Å². The van der Waals surface area contributed by atoms with Crippen LogP contribution < -0.4 is 0 Å². The van der Waals surface area contributed by atoms with Crippen LogP contribution in [0.3, 0.4) is 0 Å². The van der Waals surface area contributed by atoms with Gasteiger partial charge in [-0.25, -0.2) is 0 Å². The SMILES string of the molecule is CC.Cc1ccc(Cl)cc1CN(C)C. The Balaban J connectivity index is 0.000000791. The molecule has 1 nitrogen and oxygen atoms in total. The van der Waals surface area contributed by atoms with Crippen LogP contribution in [0, 0.1) is 6.92 Å². The van der Waals surface area contributed by atoms with Gasteiger partial charge in [-0.2, -0.15) is 0 Å². The number of hydrogen-bond donors (Lipinski definition) is 0. The van der Waals surface area contributed by atoms with Crippen LogP contribution in [0.25, 0.3) is 0 Å². The Bertz CT molecular complexity index is 269. The summed E-state index contributed by atoms with van der Waals surface area (Å²) in [5.41, 5.74) is 2.60. The number of benzene rings is 1. The average Bonchev–Trinajstić information content (AvgIpc) is 2.14. The lowest BCUT2D eigenvalue weighted by molar-refractivity contribution is 0.401. The largest absolute Gasteiger partial charge is 0.305 e. The first-order valence-corrected chi connectivity index (χ1v) is 5.37. The van der Waals surface area contributed by atoms with Crippen LogP contribution in [0.5, 0.6) is 0 Å². The molecule has 14 heavy (non-hydrogen) atoms. The van der Waals surface area contributed by atoms with Crippen molar-refractivity contribution < 1.29 is 0 Å². The molecule has 1 aromatic carbocycles. The molecule has 0 N–H and O–H groups in total. The molecule has 0 atom stereocenters. The van der Waals surface area contributed by atoms with Crippen molar-refractivity contribution in [2.75, 3.05) is 14.1 Å². The summed E-state index contributed by atoms with van der Waals surface area (Å²) in [6.45, 7) is 7.06. The molecule has 0 saturated heterocycles. The Morgan fingerprint density at radius 3 is 2.29 bits per heavy atom. The van der Waals surface area contributed by atoms with Crippen molar-refractivity contribution in [3.63, 3.8) is 0 Å². The van der Waals surface area contributed by atoms with E-state index in [1.807, 2.05) is 26.0 Å². The lowest BCUT2D eigenvalue weighted by Crippen LogP contribution is -2.11. The van der Waals surface area contributed by atoms with Gasteiger partial charge in [0, 0.05) is 11.6 Å². The van der Waals surface area contributed by atoms with Gasteiger partial charge >= 0.3 is 0 Å². The lowest BCUT2D eigenvalue weighted by atomic mass is 10.1. The summed E-state index contributed by atoms with van der Waals surface area (Å²) < 4.78 is 0. The van der Waals surface area contributed by atoms with E-state index in [2.05, 4.69) is 32.0 Å². The van der Waals surface area contributed by atoms with Gasteiger partial charge in [-0.15, -0.1) is 0 Å². The van der Waals surface area contributed by atoms with Gasteiger partial charge in [0.25, 0.3) is 0 Å². The monoisotopic (exact) mass is 213 g/mol. The van der Waals surface area contributed by atoms with Gasteiger partial charge in [-0.3, -0.25) is 0 Å². The van der Waals surface area contributed by atoms with E-state index >= 15 is 0 Å². The molecule has 0 aliphatic rings. The van der Waals surface area contributed by atoms with Gasteiger partial charge in [0.05, 0.1) is 0 Å². The van der Waals surface area contributed by atoms with Crippen molar-refractivity contribution in [2.24, 2.45) is 0 Å². The molecule has 1 aromatic rings. The zero-order chi connectivity index (χ0) is 11.1. The third-order valence-corrected chi connectivity index (χ3v) is 2.03. The Morgan fingerprint density at radius 1 is 1.21 bits per heavy atom. The predicted molar refractivity (Wildman–Crippen MR) is 64.9 cm³/mol. The predicted octanol–water partition coefficient (Wildman–Crippen LogP) is 3.74. The van der Waals surface area contributed by atoms with Gasteiger partial charge in [-0.05, 0) is 44.3 Å². The van der Waals surface area contributed by atoms with E-state index in [-0.39, 0.29) is 0 Å². The molecule has 0 radical (unpaired) electrons. The normalized spacial score (nSPS) is 9.64. The Kier molecular flexibility index (Phi) is 6.60. The summed E-state index contributed by atoms with van der Waals surface area (Å²) in [7, 11) is 4.11. The number of rotatable bonds is 2. The highest BCUT2D eigenvalue weighted by molar-refractivity contribution is 6.30. The second kappa shape index (κ2) is 6.86. The third-order valence-electron chi connectivity index (χ3n) is 1.80. The van der Waals surface area contributed by atoms with Crippen LogP contribution in [0.4, 0.5) is 0 Å². The maximum Gasteiger partial charge on any atom is 0.0409 e. The summed E-state index contributed by atoms with van der Waals surface area (Å²) in [5.74, 6) is 0. The van der Waals surface area contributed by atoms with E-state index in [1.165, 1.54) is 11.1 Å². The van der Waals surface area contributed by atoms with Gasteiger partial charge in [-0.1, -0.05) is 31.5 Å². The summed E-state index contributed by atoms with van der Waals surface area (Å²) in [5, 5.41) is 0.817. The molecule has 0 bridgehead atoms. The molecular formula is C12H20ClN. The van der Waals surface area contributed by atoms with Crippen molar-refractivity contribution in [3.05, 3.63) is 34.3 Å². The topological polar surface area (TPSA) is 3.24 Å². The Morgan fingerprint density at radius 2 is 1.79 bits per heavy atom. The van der Waals surface area contributed by atoms with E-state index in [4.69, 9.17) is 11.6 Å². The summed E-state index contributed by atoms with van der Waals surface area (Å²) in [6, 6.07) is 6.01. The van der Waals surface area contributed by atoms with Gasteiger partial charge in [0.1, 0.15) is 0 Å². The van der Waals surface area contributed by atoms with Crippen LogP contribution in [0.15, 0.2) is 18.2 Å². The second-order valence-electron chi connectivity index (χ2n) is 3.31. The fourth-order valence-electron chi connectivity index (χ4n) is 1.15. The molecule has 0 aliphatic carbocycles. The quantitative estimate of drug-likeness (QED) is 0.724. The van der Waals surface area contributed by atoms with Crippen molar-refractivity contribution >= 4 is 11.6 Å². The number of halogens is 1. The number of aryl methyl sites for hydroxylation is 1. The van der Waals surface area contributed by atoms with E-state index in [9.17, 15) is 0 Å². The molecule has 0 aliphatic heterocycles. The molecule has 0 amide bonds. The van der Waals surface area contributed by atoms with E-state index in [1.54, 1.807) is 0 Å². The minimum atomic E-state index is 0.817. The van der Waals surface area contributed by atoms with Crippen molar-refractivity contribution in [1.82, 2.24) is 4.90 Å². The van der Waals surface area contributed by atoms with E-state index < -0.39 is 0 Å². The minimum Gasteiger partial charge on any atom is -0.305 e. The second-order valence-corrected chi connectivity index (χ2v) is 3.75. The number of nitrogens with zero attached hydrogens (tertiary/aromatic N) is 1. The molecule has 0 fully saturated rings. The van der Waals surface area contributed by atoms with Crippen molar-refractivity contribution in [1.29, 1.82) is 0 Å². The summed E-state index contributed by atoms with van der Waals surface area (Å²) in [6.07, 6.45) is 0. The fraction of sp³-hybridized carbons (Fsp3) is 0.500. The first-order chi connectivity index (χ1) is 6.59. The standard InChI is InChI=1S/C10H14ClN.C2H6/c1-8-4-5-10(11)6-9(8)7-12(2)3;1-2/h4-6H,7H2,1-3H3;1-2H3. The minimum absolute atomic E-state index is 0.817. The van der Waals surface area contributed by atoms with E-state index in [0.717, 1.165) is 11.6 Å². The maximum absolute atomic E-state index is 5.88. The fourth-order valence-corrected chi connectivity index (χ4v) is 1.35. The zero-order valence-corrected chi connectivity index (χ0v) is 10.5. The molecule has 0 unspecified atom stereocenters. The van der Waals surface area contributed by atoms with Gasteiger partial charge < -0.3 is 4.90 Å².